The molecule has 2 heterocycles. The molecule has 0 bridgehead atoms. The summed E-state index contributed by atoms with van der Waals surface area (Å²) in [4.78, 5) is 8.63. The number of hydrogen-bond acceptors (Lipinski definition) is 3. The Hall–Kier alpha value is -1.74. The summed E-state index contributed by atoms with van der Waals surface area (Å²) >= 11 is 0. The maximum absolute atomic E-state index is 6.24. The van der Waals surface area contributed by atoms with Crippen molar-refractivity contribution in [2.24, 2.45) is 5.73 Å². The molecule has 1 atom stereocenters. The molecule has 0 fully saturated rings. The SMILES string of the molecule is Cc1ccc(C(N)c2cc(C)nc(C)c2)cn1. The summed E-state index contributed by atoms with van der Waals surface area (Å²) in [6, 6.07) is 7.92. The highest BCUT2D eigenvalue weighted by atomic mass is 14.7. The average Bonchev–Trinajstić information content (AvgIpc) is 2.28. The van der Waals surface area contributed by atoms with Crippen LogP contribution in [0.2, 0.25) is 0 Å². The Balaban J connectivity index is 2.36. The van der Waals surface area contributed by atoms with Crippen LogP contribution < -0.4 is 5.73 Å². The highest BCUT2D eigenvalue weighted by Gasteiger charge is 2.10. The molecule has 0 spiro atoms. The summed E-state index contributed by atoms with van der Waals surface area (Å²) in [5.41, 5.74) is 11.3. The number of rotatable bonds is 2. The Kier molecular flexibility index (Phi) is 3.20. The maximum atomic E-state index is 6.24. The zero-order valence-electron chi connectivity index (χ0n) is 10.4. The lowest BCUT2D eigenvalue weighted by Gasteiger charge is -2.13. The third-order valence-electron chi connectivity index (χ3n) is 2.76. The fraction of sp³-hybridized carbons (Fsp3) is 0.286. The van der Waals surface area contributed by atoms with Gasteiger partial charge in [0.25, 0.3) is 0 Å². The van der Waals surface area contributed by atoms with Crippen LogP contribution in [-0.2, 0) is 0 Å². The van der Waals surface area contributed by atoms with E-state index in [0.29, 0.717) is 0 Å². The Labute approximate surface area is 102 Å². The van der Waals surface area contributed by atoms with Gasteiger partial charge in [0.1, 0.15) is 0 Å². The molecule has 0 saturated carbocycles. The van der Waals surface area contributed by atoms with Crippen LogP contribution >= 0.6 is 0 Å². The Morgan fingerprint density at radius 3 is 2.12 bits per heavy atom. The summed E-state index contributed by atoms with van der Waals surface area (Å²) in [6.07, 6.45) is 1.84. The molecule has 0 radical (unpaired) electrons. The van der Waals surface area contributed by atoms with Gasteiger partial charge in [-0.2, -0.15) is 0 Å². The molecule has 0 aliphatic carbocycles. The van der Waals surface area contributed by atoms with Gasteiger partial charge in [0.15, 0.2) is 0 Å². The van der Waals surface area contributed by atoms with Gasteiger partial charge in [-0.1, -0.05) is 6.07 Å². The molecule has 17 heavy (non-hydrogen) atoms. The monoisotopic (exact) mass is 227 g/mol. The van der Waals surface area contributed by atoms with E-state index in [-0.39, 0.29) is 6.04 Å². The molecule has 2 aromatic heterocycles. The van der Waals surface area contributed by atoms with Gasteiger partial charge in [-0.3, -0.25) is 9.97 Å². The van der Waals surface area contributed by atoms with Crippen LogP contribution in [-0.4, -0.2) is 9.97 Å². The van der Waals surface area contributed by atoms with Gasteiger partial charge in [-0.25, -0.2) is 0 Å². The van der Waals surface area contributed by atoms with E-state index >= 15 is 0 Å². The zero-order valence-corrected chi connectivity index (χ0v) is 10.4. The van der Waals surface area contributed by atoms with Crippen LogP contribution in [0.3, 0.4) is 0 Å². The summed E-state index contributed by atoms with van der Waals surface area (Å²) < 4.78 is 0. The van der Waals surface area contributed by atoms with E-state index in [9.17, 15) is 0 Å². The number of nitrogens with two attached hydrogens (primary N) is 1. The van der Waals surface area contributed by atoms with Gasteiger partial charge in [-0.05, 0) is 50.1 Å². The zero-order chi connectivity index (χ0) is 12.4. The molecule has 2 rings (SSSR count). The second-order valence-corrected chi connectivity index (χ2v) is 4.39. The van der Waals surface area contributed by atoms with Crippen LogP contribution in [0.25, 0.3) is 0 Å². The Bertz CT molecular complexity index is 497. The van der Waals surface area contributed by atoms with E-state index in [2.05, 4.69) is 9.97 Å². The molecular formula is C14H17N3. The van der Waals surface area contributed by atoms with E-state index in [1.165, 1.54) is 0 Å². The first kappa shape index (κ1) is 11.7. The largest absolute Gasteiger partial charge is 0.320 e. The summed E-state index contributed by atoms with van der Waals surface area (Å²) in [7, 11) is 0. The van der Waals surface area contributed by atoms with Crippen molar-refractivity contribution in [1.82, 2.24) is 9.97 Å². The standard InChI is InChI=1S/C14H17N3/c1-9-4-5-12(8-16-9)14(15)13-6-10(2)17-11(3)7-13/h4-8,14H,15H2,1-3H3. The minimum absolute atomic E-state index is 0.136. The molecular weight excluding hydrogens is 210 g/mol. The average molecular weight is 227 g/mol. The topological polar surface area (TPSA) is 51.8 Å². The second-order valence-electron chi connectivity index (χ2n) is 4.39. The number of pyridine rings is 2. The first-order valence-corrected chi connectivity index (χ1v) is 5.69. The van der Waals surface area contributed by atoms with Gasteiger partial charge in [0.05, 0.1) is 6.04 Å². The van der Waals surface area contributed by atoms with Crippen LogP contribution in [0.1, 0.15) is 34.3 Å². The predicted molar refractivity (Wildman–Crippen MR) is 68.7 cm³/mol. The third-order valence-corrected chi connectivity index (χ3v) is 2.76. The normalized spacial score (nSPS) is 12.5. The van der Waals surface area contributed by atoms with E-state index in [1.54, 1.807) is 0 Å². The molecule has 0 aliphatic heterocycles. The van der Waals surface area contributed by atoms with Crippen molar-refractivity contribution in [3.8, 4) is 0 Å². The van der Waals surface area contributed by atoms with Crippen LogP contribution in [0.5, 0.6) is 0 Å². The molecule has 88 valence electrons. The van der Waals surface area contributed by atoms with Crippen molar-refractivity contribution in [2.75, 3.05) is 0 Å². The van der Waals surface area contributed by atoms with Crippen molar-refractivity contribution in [2.45, 2.75) is 26.8 Å². The van der Waals surface area contributed by atoms with Crippen molar-refractivity contribution >= 4 is 0 Å². The van der Waals surface area contributed by atoms with Crippen LogP contribution in [0.15, 0.2) is 30.5 Å². The third kappa shape index (κ3) is 2.68. The summed E-state index contributed by atoms with van der Waals surface area (Å²) in [5, 5.41) is 0. The van der Waals surface area contributed by atoms with Crippen LogP contribution in [0, 0.1) is 20.8 Å². The fourth-order valence-corrected chi connectivity index (χ4v) is 1.90. The van der Waals surface area contributed by atoms with Crippen molar-refractivity contribution in [1.29, 1.82) is 0 Å². The highest BCUT2D eigenvalue weighted by Crippen LogP contribution is 2.20. The highest BCUT2D eigenvalue weighted by molar-refractivity contribution is 5.32. The number of aromatic nitrogens is 2. The lowest BCUT2D eigenvalue weighted by atomic mass is 10.0. The van der Waals surface area contributed by atoms with E-state index in [1.807, 2.05) is 51.2 Å². The fourth-order valence-electron chi connectivity index (χ4n) is 1.90. The molecule has 0 aliphatic rings. The van der Waals surface area contributed by atoms with Gasteiger partial charge in [0.2, 0.25) is 0 Å². The lowest BCUT2D eigenvalue weighted by molar-refractivity contribution is 0.850. The molecule has 2 aromatic rings. The quantitative estimate of drug-likeness (QED) is 0.857. The van der Waals surface area contributed by atoms with Gasteiger partial charge < -0.3 is 5.73 Å². The predicted octanol–water partition coefficient (Wildman–Crippen LogP) is 2.45. The second kappa shape index (κ2) is 4.63. The summed E-state index contributed by atoms with van der Waals surface area (Å²) in [5.74, 6) is 0. The molecule has 2 N–H and O–H groups in total. The van der Waals surface area contributed by atoms with Gasteiger partial charge in [-0.15, -0.1) is 0 Å². The van der Waals surface area contributed by atoms with E-state index in [0.717, 1.165) is 28.2 Å². The van der Waals surface area contributed by atoms with Crippen molar-refractivity contribution in [3.05, 3.63) is 58.7 Å². The Morgan fingerprint density at radius 2 is 1.59 bits per heavy atom. The van der Waals surface area contributed by atoms with Crippen LogP contribution in [0.4, 0.5) is 0 Å². The molecule has 0 amide bonds. The first-order valence-electron chi connectivity index (χ1n) is 5.69. The molecule has 3 nitrogen and oxygen atoms in total. The smallest absolute Gasteiger partial charge is 0.0568 e. The maximum Gasteiger partial charge on any atom is 0.0568 e. The van der Waals surface area contributed by atoms with Gasteiger partial charge >= 0.3 is 0 Å². The molecule has 3 heteroatoms. The van der Waals surface area contributed by atoms with Gasteiger partial charge in [0, 0.05) is 23.3 Å². The van der Waals surface area contributed by atoms with Crippen molar-refractivity contribution in [3.63, 3.8) is 0 Å². The number of aryl methyl sites for hydroxylation is 3. The molecule has 0 saturated heterocycles. The first-order chi connectivity index (χ1) is 8.06. The number of nitrogens with zero attached hydrogens (tertiary/aromatic N) is 2. The summed E-state index contributed by atoms with van der Waals surface area (Å²) in [6.45, 7) is 5.93. The molecule has 0 aromatic carbocycles. The van der Waals surface area contributed by atoms with E-state index < -0.39 is 0 Å². The van der Waals surface area contributed by atoms with Crippen molar-refractivity contribution < 1.29 is 0 Å². The lowest BCUT2D eigenvalue weighted by Crippen LogP contribution is -2.13. The van der Waals surface area contributed by atoms with E-state index in [4.69, 9.17) is 5.73 Å². The Morgan fingerprint density at radius 1 is 0.941 bits per heavy atom. The number of hydrogen-bond donors (Lipinski definition) is 1. The minimum Gasteiger partial charge on any atom is -0.320 e. The minimum atomic E-state index is -0.136. The molecule has 1 unspecified atom stereocenters.